The van der Waals surface area contributed by atoms with Crippen molar-refractivity contribution in [3.8, 4) is 0 Å². The zero-order chi connectivity index (χ0) is 8.27. The van der Waals surface area contributed by atoms with Crippen LogP contribution in [-0.4, -0.2) is 4.98 Å². The van der Waals surface area contributed by atoms with E-state index >= 15 is 0 Å². The third kappa shape index (κ3) is 1.68. The van der Waals surface area contributed by atoms with Gasteiger partial charge in [-0.1, -0.05) is 6.92 Å². The van der Waals surface area contributed by atoms with E-state index in [0.29, 0.717) is 12.2 Å². The number of anilines is 1. The Morgan fingerprint density at radius 2 is 2.27 bits per heavy atom. The minimum absolute atomic E-state index is 0.515. The van der Waals surface area contributed by atoms with E-state index in [1.807, 2.05) is 6.07 Å². The molecule has 0 spiro atoms. The second kappa shape index (κ2) is 3.34. The summed E-state index contributed by atoms with van der Waals surface area (Å²) in [6, 6.07) is 1.88. The van der Waals surface area contributed by atoms with Gasteiger partial charge in [-0.15, -0.1) is 0 Å². The molecule has 3 nitrogen and oxygen atoms in total. The van der Waals surface area contributed by atoms with Gasteiger partial charge in [0.1, 0.15) is 0 Å². The molecule has 4 N–H and O–H groups in total. The van der Waals surface area contributed by atoms with Gasteiger partial charge in [0.15, 0.2) is 0 Å². The molecule has 0 aliphatic carbocycles. The summed E-state index contributed by atoms with van der Waals surface area (Å²) < 4.78 is 0. The topological polar surface area (TPSA) is 64.9 Å². The quantitative estimate of drug-likeness (QED) is 0.653. The van der Waals surface area contributed by atoms with Crippen molar-refractivity contribution in [1.82, 2.24) is 4.98 Å². The third-order valence-corrected chi connectivity index (χ3v) is 1.64. The zero-order valence-corrected chi connectivity index (χ0v) is 6.67. The van der Waals surface area contributed by atoms with Crippen molar-refractivity contribution in [3.05, 3.63) is 23.5 Å². The predicted molar refractivity (Wildman–Crippen MR) is 45.9 cm³/mol. The predicted octanol–water partition coefficient (Wildman–Crippen LogP) is 0.685. The van der Waals surface area contributed by atoms with Crippen LogP contribution in [0.2, 0.25) is 0 Å². The van der Waals surface area contributed by atoms with E-state index in [1.54, 1.807) is 6.20 Å². The van der Waals surface area contributed by atoms with Gasteiger partial charge in [-0.05, 0) is 18.1 Å². The van der Waals surface area contributed by atoms with Crippen molar-refractivity contribution in [2.45, 2.75) is 19.9 Å². The van der Waals surface area contributed by atoms with Gasteiger partial charge in [0, 0.05) is 12.2 Å². The number of nitrogen functional groups attached to an aromatic ring is 1. The van der Waals surface area contributed by atoms with Crippen molar-refractivity contribution in [2.24, 2.45) is 5.73 Å². The van der Waals surface area contributed by atoms with Gasteiger partial charge in [0.05, 0.1) is 11.9 Å². The Kier molecular flexibility index (Phi) is 2.44. The van der Waals surface area contributed by atoms with Crippen LogP contribution in [0.4, 0.5) is 5.69 Å². The SMILES string of the molecule is CCc1ncc(N)cc1CN. The Hall–Kier alpha value is -1.09. The van der Waals surface area contributed by atoms with Crippen LogP contribution in [-0.2, 0) is 13.0 Å². The summed E-state index contributed by atoms with van der Waals surface area (Å²) in [5.41, 5.74) is 13.8. The van der Waals surface area contributed by atoms with Gasteiger partial charge in [0.2, 0.25) is 0 Å². The van der Waals surface area contributed by atoms with Gasteiger partial charge in [-0.2, -0.15) is 0 Å². The first-order chi connectivity index (χ1) is 5.27. The lowest BCUT2D eigenvalue weighted by Gasteiger charge is -2.04. The summed E-state index contributed by atoms with van der Waals surface area (Å²) in [5.74, 6) is 0. The van der Waals surface area contributed by atoms with Crippen molar-refractivity contribution >= 4 is 5.69 Å². The number of nitrogens with two attached hydrogens (primary N) is 2. The van der Waals surface area contributed by atoms with E-state index in [4.69, 9.17) is 11.5 Å². The van der Waals surface area contributed by atoms with E-state index < -0.39 is 0 Å². The molecule has 11 heavy (non-hydrogen) atoms. The molecule has 0 unspecified atom stereocenters. The molecule has 1 heterocycles. The van der Waals surface area contributed by atoms with Crippen LogP contribution >= 0.6 is 0 Å². The lowest BCUT2D eigenvalue weighted by molar-refractivity contribution is 0.947. The average Bonchev–Trinajstić information content (AvgIpc) is 2.04. The smallest absolute Gasteiger partial charge is 0.0504 e. The highest BCUT2D eigenvalue weighted by molar-refractivity contribution is 5.39. The molecular formula is C8H13N3. The molecule has 0 aliphatic rings. The molecule has 0 aliphatic heterocycles. The second-order valence-electron chi connectivity index (χ2n) is 2.43. The number of hydrogen-bond donors (Lipinski definition) is 2. The van der Waals surface area contributed by atoms with Gasteiger partial charge in [-0.25, -0.2) is 0 Å². The highest BCUT2D eigenvalue weighted by atomic mass is 14.7. The summed E-state index contributed by atoms with van der Waals surface area (Å²) in [4.78, 5) is 4.16. The van der Waals surface area contributed by atoms with Gasteiger partial charge in [0.25, 0.3) is 0 Å². The molecule has 0 atom stereocenters. The molecule has 0 radical (unpaired) electrons. The molecule has 0 saturated carbocycles. The number of nitrogens with zero attached hydrogens (tertiary/aromatic N) is 1. The number of aryl methyl sites for hydroxylation is 1. The first-order valence-corrected chi connectivity index (χ1v) is 3.71. The van der Waals surface area contributed by atoms with E-state index in [1.165, 1.54) is 0 Å². The second-order valence-corrected chi connectivity index (χ2v) is 2.43. The number of rotatable bonds is 2. The highest BCUT2D eigenvalue weighted by Crippen LogP contribution is 2.09. The van der Waals surface area contributed by atoms with E-state index in [0.717, 1.165) is 17.7 Å². The average molecular weight is 151 g/mol. The van der Waals surface area contributed by atoms with Crippen LogP contribution in [0, 0.1) is 0 Å². The fraction of sp³-hybridized carbons (Fsp3) is 0.375. The minimum Gasteiger partial charge on any atom is -0.397 e. The molecule has 0 aromatic carbocycles. The van der Waals surface area contributed by atoms with E-state index in [-0.39, 0.29) is 0 Å². The molecule has 0 fully saturated rings. The summed E-state index contributed by atoms with van der Waals surface area (Å²) in [6.07, 6.45) is 2.57. The largest absolute Gasteiger partial charge is 0.397 e. The van der Waals surface area contributed by atoms with Gasteiger partial charge < -0.3 is 11.5 Å². The Balaban J connectivity index is 3.06. The number of hydrogen-bond acceptors (Lipinski definition) is 3. The molecule has 3 heteroatoms. The first-order valence-electron chi connectivity index (χ1n) is 3.71. The molecule has 1 aromatic heterocycles. The summed E-state index contributed by atoms with van der Waals surface area (Å²) in [6.45, 7) is 2.57. The highest BCUT2D eigenvalue weighted by Gasteiger charge is 1.99. The van der Waals surface area contributed by atoms with Crippen LogP contribution in [0.15, 0.2) is 12.3 Å². The monoisotopic (exact) mass is 151 g/mol. The van der Waals surface area contributed by atoms with E-state index in [9.17, 15) is 0 Å². The maximum atomic E-state index is 5.54. The Bertz CT molecular complexity index is 245. The maximum Gasteiger partial charge on any atom is 0.0504 e. The van der Waals surface area contributed by atoms with Crippen LogP contribution in [0.25, 0.3) is 0 Å². The number of pyridine rings is 1. The summed E-state index contributed by atoms with van der Waals surface area (Å²) in [7, 11) is 0. The van der Waals surface area contributed by atoms with E-state index in [2.05, 4.69) is 11.9 Å². The Labute approximate surface area is 66.4 Å². The Morgan fingerprint density at radius 3 is 2.82 bits per heavy atom. The van der Waals surface area contributed by atoms with Crippen LogP contribution < -0.4 is 11.5 Å². The zero-order valence-electron chi connectivity index (χ0n) is 6.67. The molecule has 1 aromatic rings. The van der Waals surface area contributed by atoms with Crippen LogP contribution in [0.5, 0.6) is 0 Å². The molecular weight excluding hydrogens is 138 g/mol. The third-order valence-electron chi connectivity index (χ3n) is 1.64. The molecule has 0 amide bonds. The van der Waals surface area contributed by atoms with Crippen molar-refractivity contribution in [3.63, 3.8) is 0 Å². The van der Waals surface area contributed by atoms with Crippen molar-refractivity contribution in [1.29, 1.82) is 0 Å². The lowest BCUT2D eigenvalue weighted by atomic mass is 10.1. The number of aromatic nitrogens is 1. The maximum absolute atomic E-state index is 5.54. The standard InChI is InChI=1S/C8H13N3/c1-2-8-6(4-9)3-7(10)5-11-8/h3,5H,2,4,9-10H2,1H3. The summed E-state index contributed by atoms with van der Waals surface area (Å²) in [5, 5.41) is 0. The lowest BCUT2D eigenvalue weighted by Crippen LogP contribution is -2.04. The van der Waals surface area contributed by atoms with Crippen molar-refractivity contribution in [2.75, 3.05) is 5.73 Å². The molecule has 0 bridgehead atoms. The van der Waals surface area contributed by atoms with Gasteiger partial charge in [-0.3, -0.25) is 4.98 Å². The van der Waals surface area contributed by atoms with Gasteiger partial charge >= 0.3 is 0 Å². The fourth-order valence-corrected chi connectivity index (χ4v) is 1.05. The fourth-order valence-electron chi connectivity index (χ4n) is 1.05. The summed E-state index contributed by atoms with van der Waals surface area (Å²) >= 11 is 0. The Morgan fingerprint density at radius 1 is 1.55 bits per heavy atom. The normalized spacial score (nSPS) is 10.0. The first kappa shape index (κ1) is 8.01. The van der Waals surface area contributed by atoms with Crippen molar-refractivity contribution < 1.29 is 0 Å². The molecule has 1 rings (SSSR count). The molecule has 0 saturated heterocycles. The van der Waals surface area contributed by atoms with Crippen LogP contribution in [0.1, 0.15) is 18.2 Å². The van der Waals surface area contributed by atoms with Crippen LogP contribution in [0.3, 0.4) is 0 Å². The molecule has 60 valence electrons. The minimum atomic E-state index is 0.515.